The molecule has 0 bridgehead atoms. The van der Waals surface area contributed by atoms with E-state index in [1.54, 1.807) is 36.4 Å². The lowest BCUT2D eigenvalue weighted by Crippen LogP contribution is -2.14. The molecular weight excluding hydrogens is 570 g/mol. The molecule has 0 spiro atoms. The second-order valence-corrected chi connectivity index (χ2v) is 9.94. The van der Waals surface area contributed by atoms with Gasteiger partial charge >= 0.3 is 12.1 Å². The molecule has 2 heterocycles. The van der Waals surface area contributed by atoms with Crippen molar-refractivity contribution in [3.8, 4) is 17.1 Å². The Morgan fingerprint density at radius 2 is 1.82 bits per heavy atom. The van der Waals surface area contributed by atoms with Crippen LogP contribution in [0.25, 0.3) is 11.3 Å². The molecule has 0 atom stereocenters. The molecule has 0 unspecified atom stereocenters. The van der Waals surface area contributed by atoms with Crippen molar-refractivity contribution in [2.24, 2.45) is 0 Å². The fourth-order valence-corrected chi connectivity index (χ4v) is 4.77. The van der Waals surface area contributed by atoms with E-state index in [0.29, 0.717) is 38.2 Å². The Hall–Kier alpha value is -3.76. The Labute approximate surface area is 237 Å². The standard InChI is InChI=1S/C28H22Cl2F3N3O4/c1-38-27(37)17-5-2-4-15(12-17)13-34-21-10-11-22(35-26(21)28(31,32)33)39-14-18-24(36-40-25(18)16-8-9-16)23-19(29)6-3-7-20(23)30/h2-7,10-12,16,34H,8-9,13-14H2,1H3. The number of hydrogen-bond acceptors (Lipinski definition) is 7. The number of hydrogen-bond donors (Lipinski definition) is 1. The number of carbonyl (C=O) groups is 1. The predicted octanol–water partition coefficient (Wildman–Crippen LogP) is 7.92. The van der Waals surface area contributed by atoms with Crippen LogP contribution in [0.15, 0.2) is 59.1 Å². The van der Waals surface area contributed by atoms with Gasteiger partial charge in [0.05, 0.1) is 34.0 Å². The van der Waals surface area contributed by atoms with Crippen LogP contribution < -0.4 is 10.1 Å². The smallest absolute Gasteiger partial charge is 0.435 e. The van der Waals surface area contributed by atoms with Crippen molar-refractivity contribution in [3.63, 3.8) is 0 Å². The fraction of sp³-hybridized carbons (Fsp3) is 0.250. The predicted molar refractivity (Wildman–Crippen MR) is 143 cm³/mol. The molecule has 0 aliphatic heterocycles. The van der Waals surface area contributed by atoms with Crippen LogP contribution in [-0.2, 0) is 24.1 Å². The monoisotopic (exact) mass is 591 g/mol. The fourth-order valence-electron chi connectivity index (χ4n) is 4.20. The van der Waals surface area contributed by atoms with Gasteiger partial charge in [0.25, 0.3) is 0 Å². The number of halogens is 5. The van der Waals surface area contributed by atoms with Crippen molar-refractivity contribution < 1.29 is 32.0 Å². The Balaban J connectivity index is 1.38. The van der Waals surface area contributed by atoms with Gasteiger partial charge in [-0.3, -0.25) is 0 Å². The number of ether oxygens (including phenoxy) is 2. The van der Waals surface area contributed by atoms with Gasteiger partial charge in [-0.2, -0.15) is 13.2 Å². The summed E-state index contributed by atoms with van der Waals surface area (Å²) >= 11 is 12.8. The summed E-state index contributed by atoms with van der Waals surface area (Å²) in [4.78, 5) is 15.5. The average Bonchev–Trinajstić information content (AvgIpc) is 3.70. The highest BCUT2D eigenvalue weighted by Gasteiger charge is 2.37. The zero-order valence-electron chi connectivity index (χ0n) is 21.0. The Bertz CT molecular complexity index is 1530. The maximum atomic E-state index is 14.0. The highest BCUT2D eigenvalue weighted by atomic mass is 35.5. The first-order valence-corrected chi connectivity index (χ1v) is 13.0. The van der Waals surface area contributed by atoms with Gasteiger partial charge in [-0.15, -0.1) is 0 Å². The van der Waals surface area contributed by atoms with Crippen LogP contribution in [-0.4, -0.2) is 23.2 Å². The van der Waals surface area contributed by atoms with Crippen molar-refractivity contribution in [1.82, 2.24) is 10.1 Å². The third kappa shape index (κ3) is 6.03. The lowest BCUT2D eigenvalue weighted by atomic mass is 10.0. The van der Waals surface area contributed by atoms with Crippen LogP contribution in [0.2, 0.25) is 10.0 Å². The van der Waals surface area contributed by atoms with Crippen LogP contribution in [0.4, 0.5) is 18.9 Å². The summed E-state index contributed by atoms with van der Waals surface area (Å²) in [7, 11) is 1.25. The summed E-state index contributed by atoms with van der Waals surface area (Å²) in [5.41, 5.74) is 0.881. The Morgan fingerprint density at radius 3 is 2.50 bits per heavy atom. The number of rotatable bonds is 9. The number of nitrogens with zero attached hydrogens (tertiary/aromatic N) is 2. The number of aromatic nitrogens is 2. The summed E-state index contributed by atoms with van der Waals surface area (Å²) in [6.45, 7) is -0.132. The first-order chi connectivity index (χ1) is 19.2. The second kappa shape index (κ2) is 11.4. The molecule has 5 rings (SSSR count). The molecule has 1 aliphatic carbocycles. The molecule has 2 aromatic heterocycles. The molecule has 40 heavy (non-hydrogen) atoms. The molecule has 0 radical (unpaired) electrons. The van der Waals surface area contributed by atoms with Crippen LogP contribution in [0.5, 0.6) is 5.88 Å². The number of benzene rings is 2. The highest BCUT2D eigenvalue weighted by molar-refractivity contribution is 6.39. The van der Waals surface area contributed by atoms with Crippen LogP contribution in [0, 0.1) is 0 Å². The van der Waals surface area contributed by atoms with E-state index in [4.69, 9.17) is 37.2 Å². The Kier molecular flexibility index (Phi) is 7.91. The van der Waals surface area contributed by atoms with E-state index < -0.39 is 17.8 Å². The molecular formula is C28H22Cl2F3N3O4. The minimum absolute atomic E-state index is 0.0171. The van der Waals surface area contributed by atoms with Gasteiger partial charge in [-0.1, -0.05) is 46.6 Å². The van der Waals surface area contributed by atoms with Crippen molar-refractivity contribution in [2.45, 2.75) is 38.1 Å². The molecule has 1 N–H and O–H groups in total. The number of methoxy groups -OCH3 is 1. The zero-order chi connectivity index (χ0) is 28.4. The number of nitrogens with one attached hydrogen (secondary N) is 1. The average molecular weight is 592 g/mol. The van der Waals surface area contributed by atoms with E-state index in [-0.39, 0.29) is 36.2 Å². The Morgan fingerprint density at radius 1 is 1.10 bits per heavy atom. The van der Waals surface area contributed by atoms with Gasteiger partial charge in [0.15, 0.2) is 5.69 Å². The van der Waals surface area contributed by atoms with Crippen LogP contribution >= 0.6 is 23.2 Å². The third-order valence-electron chi connectivity index (χ3n) is 6.30. The first-order valence-electron chi connectivity index (χ1n) is 12.2. The summed E-state index contributed by atoms with van der Waals surface area (Å²) in [6, 6.07) is 14.0. The SMILES string of the molecule is COC(=O)c1cccc(CNc2ccc(OCc3c(-c4c(Cl)cccc4Cl)noc3C3CC3)nc2C(F)(F)F)c1. The van der Waals surface area contributed by atoms with E-state index in [2.05, 4.69) is 15.5 Å². The van der Waals surface area contributed by atoms with E-state index in [9.17, 15) is 18.0 Å². The van der Waals surface area contributed by atoms with Crippen LogP contribution in [0.1, 0.15) is 51.7 Å². The van der Waals surface area contributed by atoms with Gasteiger partial charge in [0, 0.05) is 24.1 Å². The van der Waals surface area contributed by atoms with E-state index >= 15 is 0 Å². The van der Waals surface area contributed by atoms with Crippen molar-refractivity contribution >= 4 is 34.9 Å². The summed E-state index contributed by atoms with van der Waals surface area (Å²) in [5, 5.41) is 7.62. The van der Waals surface area contributed by atoms with Gasteiger partial charge in [-0.05, 0) is 48.7 Å². The third-order valence-corrected chi connectivity index (χ3v) is 6.93. The molecule has 1 fully saturated rings. The highest BCUT2D eigenvalue weighted by Crippen LogP contribution is 2.46. The molecule has 12 heteroatoms. The molecule has 7 nitrogen and oxygen atoms in total. The maximum absolute atomic E-state index is 14.0. The molecule has 1 saturated carbocycles. The number of carbonyl (C=O) groups excluding carboxylic acids is 1. The number of pyridine rings is 1. The van der Waals surface area contributed by atoms with E-state index in [1.165, 1.54) is 25.3 Å². The minimum Gasteiger partial charge on any atom is -0.473 e. The van der Waals surface area contributed by atoms with Crippen molar-refractivity contribution in [1.29, 1.82) is 0 Å². The molecule has 0 saturated heterocycles. The maximum Gasteiger partial charge on any atom is 0.435 e. The van der Waals surface area contributed by atoms with Crippen molar-refractivity contribution in [2.75, 3.05) is 12.4 Å². The molecule has 0 amide bonds. The van der Waals surface area contributed by atoms with Gasteiger partial charge in [-0.25, -0.2) is 9.78 Å². The van der Waals surface area contributed by atoms with Gasteiger partial charge < -0.3 is 19.3 Å². The number of alkyl halides is 3. The number of anilines is 1. The number of esters is 1. The first kappa shape index (κ1) is 27.8. The summed E-state index contributed by atoms with van der Waals surface area (Å²) in [5.74, 6) is -0.0399. The summed E-state index contributed by atoms with van der Waals surface area (Å²) in [6.07, 6.45) is -2.96. The van der Waals surface area contributed by atoms with E-state index in [1.807, 2.05) is 0 Å². The molecule has 4 aromatic rings. The van der Waals surface area contributed by atoms with Gasteiger partial charge in [0.2, 0.25) is 5.88 Å². The minimum atomic E-state index is -4.76. The lowest BCUT2D eigenvalue weighted by Gasteiger charge is -2.16. The normalized spacial score (nSPS) is 13.2. The topological polar surface area (TPSA) is 86.5 Å². The zero-order valence-corrected chi connectivity index (χ0v) is 22.5. The largest absolute Gasteiger partial charge is 0.473 e. The molecule has 2 aromatic carbocycles. The molecule has 1 aliphatic rings. The van der Waals surface area contributed by atoms with Gasteiger partial charge in [0.1, 0.15) is 18.1 Å². The second-order valence-electron chi connectivity index (χ2n) is 9.12. The van der Waals surface area contributed by atoms with E-state index in [0.717, 1.165) is 12.8 Å². The summed E-state index contributed by atoms with van der Waals surface area (Å²) < 4.78 is 57.9. The lowest BCUT2D eigenvalue weighted by molar-refractivity contribution is -0.140. The quantitative estimate of drug-likeness (QED) is 0.198. The van der Waals surface area contributed by atoms with Crippen LogP contribution in [0.3, 0.4) is 0 Å². The van der Waals surface area contributed by atoms with Crippen molar-refractivity contribution in [3.05, 3.63) is 92.8 Å². The molecule has 208 valence electrons.